The zero-order valence-corrected chi connectivity index (χ0v) is 14.2. The summed E-state index contributed by atoms with van der Waals surface area (Å²) in [4.78, 5) is 24.4. The monoisotopic (exact) mass is 334 g/mol. The van der Waals surface area contributed by atoms with Gasteiger partial charge in [-0.25, -0.2) is 9.59 Å². The molecule has 1 aromatic rings. The summed E-state index contributed by atoms with van der Waals surface area (Å²) in [6, 6.07) is 8.69. The first kappa shape index (κ1) is 17.4. The van der Waals surface area contributed by atoms with E-state index in [0.29, 0.717) is 23.6 Å². The second-order valence-corrected chi connectivity index (χ2v) is 6.21. The van der Waals surface area contributed by atoms with Gasteiger partial charge in [-0.15, -0.1) is 0 Å². The van der Waals surface area contributed by atoms with Crippen molar-refractivity contribution in [3.05, 3.63) is 47.2 Å². The third-order valence-electron chi connectivity index (χ3n) is 3.38. The molecule has 0 spiro atoms. The number of thioether (sulfide) groups is 1. The Kier molecular flexibility index (Phi) is 6.52. The topological polar surface area (TPSA) is 67.4 Å². The number of carbonyl (C=O) groups excluding carboxylic acids is 2. The summed E-state index contributed by atoms with van der Waals surface area (Å²) in [5, 5.41) is 5.60. The van der Waals surface area contributed by atoms with Crippen molar-refractivity contribution in [3.63, 3.8) is 0 Å². The molecule has 0 bridgehead atoms. The van der Waals surface area contributed by atoms with Gasteiger partial charge in [0.25, 0.3) is 0 Å². The predicted octanol–water partition coefficient (Wildman–Crippen LogP) is 3.00. The molecule has 0 fully saturated rings. The maximum atomic E-state index is 12.5. The molecule has 5 nitrogen and oxygen atoms in total. The average molecular weight is 334 g/mol. The summed E-state index contributed by atoms with van der Waals surface area (Å²) in [5.74, 6) is 1.17. The molecule has 2 N–H and O–H groups in total. The van der Waals surface area contributed by atoms with E-state index in [1.54, 1.807) is 18.7 Å². The fraction of sp³-hybridized carbons (Fsp3) is 0.412. The summed E-state index contributed by atoms with van der Waals surface area (Å²) >= 11 is 1.69. The van der Waals surface area contributed by atoms with Gasteiger partial charge in [0.15, 0.2) is 0 Å². The van der Waals surface area contributed by atoms with Gasteiger partial charge in [-0.2, -0.15) is 11.8 Å². The highest BCUT2D eigenvalue weighted by Crippen LogP contribution is 2.29. The number of hydrogen-bond donors (Lipinski definition) is 2. The number of amides is 2. The Morgan fingerprint density at radius 3 is 2.65 bits per heavy atom. The standard InChI is InChI=1S/C17H22N2O3S/c1-3-10-23-11-13-14(16(20)22-4-2)15(19-17(21)18-13)12-8-6-5-7-9-12/h5-9,15H,3-4,10-11H2,1-2H3,(H2,18,19,21). The van der Waals surface area contributed by atoms with Crippen molar-refractivity contribution >= 4 is 23.8 Å². The van der Waals surface area contributed by atoms with E-state index in [1.165, 1.54) is 0 Å². The summed E-state index contributed by atoms with van der Waals surface area (Å²) in [5.41, 5.74) is 1.99. The molecule has 23 heavy (non-hydrogen) atoms. The van der Waals surface area contributed by atoms with Crippen molar-refractivity contribution in [2.24, 2.45) is 0 Å². The molecule has 1 atom stereocenters. The molecular weight excluding hydrogens is 312 g/mol. The second-order valence-electron chi connectivity index (χ2n) is 5.11. The number of nitrogens with one attached hydrogen (secondary N) is 2. The summed E-state index contributed by atoms with van der Waals surface area (Å²) in [7, 11) is 0. The molecule has 0 aromatic heterocycles. The van der Waals surface area contributed by atoms with Gasteiger partial charge in [0.05, 0.1) is 18.2 Å². The van der Waals surface area contributed by atoms with Crippen molar-refractivity contribution in [1.82, 2.24) is 10.6 Å². The van der Waals surface area contributed by atoms with Crippen LogP contribution in [0, 0.1) is 0 Å². The maximum absolute atomic E-state index is 12.5. The van der Waals surface area contributed by atoms with Gasteiger partial charge >= 0.3 is 12.0 Å². The van der Waals surface area contributed by atoms with Crippen LogP contribution in [0.3, 0.4) is 0 Å². The molecule has 0 saturated carbocycles. The van der Waals surface area contributed by atoms with Gasteiger partial charge in [0.2, 0.25) is 0 Å². The van der Waals surface area contributed by atoms with Crippen LogP contribution in [0.25, 0.3) is 0 Å². The van der Waals surface area contributed by atoms with E-state index in [1.807, 2.05) is 30.3 Å². The van der Waals surface area contributed by atoms with Crippen LogP contribution in [-0.2, 0) is 9.53 Å². The highest BCUT2D eigenvalue weighted by atomic mass is 32.2. The van der Waals surface area contributed by atoms with Gasteiger partial charge < -0.3 is 15.4 Å². The molecule has 1 heterocycles. The molecule has 0 aliphatic carbocycles. The Labute approximate surface area is 140 Å². The van der Waals surface area contributed by atoms with Gasteiger partial charge in [-0.05, 0) is 24.7 Å². The molecule has 1 aromatic carbocycles. The van der Waals surface area contributed by atoms with Crippen molar-refractivity contribution in [2.75, 3.05) is 18.1 Å². The minimum absolute atomic E-state index is 0.293. The van der Waals surface area contributed by atoms with Crippen LogP contribution in [0.4, 0.5) is 4.79 Å². The lowest BCUT2D eigenvalue weighted by Crippen LogP contribution is -2.46. The van der Waals surface area contributed by atoms with Crippen molar-refractivity contribution in [1.29, 1.82) is 0 Å². The number of carbonyl (C=O) groups is 2. The number of urea groups is 1. The fourth-order valence-corrected chi connectivity index (χ4v) is 3.26. The van der Waals surface area contributed by atoms with Crippen LogP contribution in [-0.4, -0.2) is 30.1 Å². The SMILES string of the molecule is CCCSCC1=C(C(=O)OCC)C(c2ccccc2)NC(=O)N1. The van der Waals surface area contributed by atoms with Crippen LogP contribution >= 0.6 is 11.8 Å². The molecular formula is C17H22N2O3S. The van der Waals surface area contributed by atoms with Crippen molar-refractivity contribution < 1.29 is 14.3 Å². The largest absolute Gasteiger partial charge is 0.463 e. The lowest BCUT2D eigenvalue weighted by molar-refractivity contribution is -0.139. The molecule has 2 rings (SSSR count). The highest BCUT2D eigenvalue weighted by molar-refractivity contribution is 7.99. The first-order valence-electron chi connectivity index (χ1n) is 7.77. The predicted molar refractivity (Wildman–Crippen MR) is 92.1 cm³/mol. The number of ether oxygens (including phenoxy) is 1. The lowest BCUT2D eigenvalue weighted by Gasteiger charge is -2.29. The zero-order chi connectivity index (χ0) is 16.7. The number of rotatable bonds is 7. The number of hydrogen-bond acceptors (Lipinski definition) is 4. The Balaban J connectivity index is 2.38. The van der Waals surface area contributed by atoms with E-state index in [4.69, 9.17) is 4.74 Å². The molecule has 2 amide bonds. The molecule has 124 valence electrons. The van der Waals surface area contributed by atoms with E-state index in [-0.39, 0.29) is 12.0 Å². The van der Waals surface area contributed by atoms with Crippen molar-refractivity contribution in [3.8, 4) is 0 Å². The van der Waals surface area contributed by atoms with Gasteiger partial charge in [-0.3, -0.25) is 0 Å². The molecule has 6 heteroatoms. The molecule has 1 aliphatic heterocycles. The van der Waals surface area contributed by atoms with Gasteiger partial charge in [0, 0.05) is 11.4 Å². The highest BCUT2D eigenvalue weighted by Gasteiger charge is 2.33. The summed E-state index contributed by atoms with van der Waals surface area (Å²) < 4.78 is 5.21. The molecule has 0 saturated heterocycles. The zero-order valence-electron chi connectivity index (χ0n) is 13.4. The van der Waals surface area contributed by atoms with Gasteiger partial charge in [0.1, 0.15) is 0 Å². The van der Waals surface area contributed by atoms with Crippen LogP contribution < -0.4 is 10.6 Å². The van der Waals surface area contributed by atoms with E-state index >= 15 is 0 Å². The Morgan fingerprint density at radius 2 is 2.00 bits per heavy atom. The van der Waals surface area contributed by atoms with Gasteiger partial charge in [-0.1, -0.05) is 37.3 Å². The fourth-order valence-electron chi connectivity index (χ4n) is 2.40. The quantitative estimate of drug-likeness (QED) is 0.594. The van der Waals surface area contributed by atoms with Crippen LogP contribution in [0.2, 0.25) is 0 Å². The normalized spacial score (nSPS) is 17.5. The van der Waals surface area contributed by atoms with Crippen LogP contribution in [0.15, 0.2) is 41.6 Å². The molecule has 1 unspecified atom stereocenters. The maximum Gasteiger partial charge on any atom is 0.338 e. The minimum atomic E-state index is -0.485. The number of esters is 1. The Bertz CT molecular complexity index is 587. The third-order valence-corrected chi connectivity index (χ3v) is 4.57. The van der Waals surface area contributed by atoms with E-state index < -0.39 is 6.04 Å². The van der Waals surface area contributed by atoms with E-state index in [0.717, 1.165) is 17.7 Å². The summed E-state index contributed by atoms with van der Waals surface area (Å²) in [6.07, 6.45) is 1.04. The second kappa shape index (κ2) is 8.62. The van der Waals surface area contributed by atoms with Crippen molar-refractivity contribution in [2.45, 2.75) is 26.3 Å². The average Bonchev–Trinajstić information content (AvgIpc) is 2.55. The first-order chi connectivity index (χ1) is 11.2. The Morgan fingerprint density at radius 1 is 1.26 bits per heavy atom. The molecule has 1 aliphatic rings. The lowest BCUT2D eigenvalue weighted by atomic mass is 9.95. The first-order valence-corrected chi connectivity index (χ1v) is 8.93. The van der Waals surface area contributed by atoms with E-state index in [2.05, 4.69) is 17.6 Å². The summed E-state index contributed by atoms with van der Waals surface area (Å²) in [6.45, 7) is 4.17. The Hall–Kier alpha value is -1.95. The smallest absolute Gasteiger partial charge is 0.338 e. The number of benzene rings is 1. The molecule has 0 radical (unpaired) electrons. The van der Waals surface area contributed by atoms with E-state index in [9.17, 15) is 9.59 Å². The van der Waals surface area contributed by atoms with Crippen LogP contribution in [0.5, 0.6) is 0 Å². The third kappa shape index (κ3) is 4.51. The minimum Gasteiger partial charge on any atom is -0.463 e. The van der Waals surface area contributed by atoms with Crippen LogP contribution in [0.1, 0.15) is 31.9 Å².